The molecule has 1 N–H and O–H groups in total. The molecule has 0 bridgehead atoms. The zero-order valence-electron chi connectivity index (χ0n) is 16.7. The number of unbranched alkanes of at least 4 members (excludes halogenated alkanes) is 1. The minimum absolute atomic E-state index is 0.0775. The zero-order valence-corrected chi connectivity index (χ0v) is 17.5. The van der Waals surface area contributed by atoms with Crippen LogP contribution in [0.3, 0.4) is 0 Å². The van der Waals surface area contributed by atoms with E-state index in [0.717, 1.165) is 10.8 Å². The monoisotopic (exact) mass is 435 g/mol. The molecule has 7 heteroatoms. The summed E-state index contributed by atoms with van der Waals surface area (Å²) in [7, 11) is -3.89. The van der Waals surface area contributed by atoms with Crippen molar-refractivity contribution in [1.29, 1.82) is 5.26 Å². The van der Waals surface area contributed by atoms with Crippen LogP contribution in [0.25, 0.3) is 16.8 Å². The molecule has 0 aliphatic carbocycles. The van der Waals surface area contributed by atoms with Gasteiger partial charge in [-0.2, -0.15) is 5.26 Å². The molecule has 158 valence electrons. The van der Waals surface area contributed by atoms with E-state index >= 15 is 0 Å². The molecule has 3 aromatic rings. The molecular formula is C24H21NO5S. The van der Waals surface area contributed by atoms with Gasteiger partial charge in [0, 0.05) is 6.42 Å². The maximum absolute atomic E-state index is 12.7. The van der Waals surface area contributed by atoms with Crippen LogP contribution in [0.4, 0.5) is 0 Å². The number of carbonyl (C=O) groups is 1. The van der Waals surface area contributed by atoms with E-state index in [0.29, 0.717) is 30.8 Å². The first-order chi connectivity index (χ1) is 14.9. The van der Waals surface area contributed by atoms with Crippen molar-refractivity contribution in [3.05, 3.63) is 77.2 Å². The first-order valence-electron chi connectivity index (χ1n) is 9.70. The number of nitriles is 1. The number of sulfone groups is 1. The van der Waals surface area contributed by atoms with E-state index in [2.05, 4.69) is 0 Å². The number of rotatable bonds is 9. The summed E-state index contributed by atoms with van der Waals surface area (Å²) in [4.78, 5) is 10.3. The normalized spacial score (nSPS) is 11.8. The highest BCUT2D eigenvalue weighted by molar-refractivity contribution is 7.95. The van der Waals surface area contributed by atoms with Gasteiger partial charge in [0.1, 0.15) is 16.7 Å². The molecule has 0 saturated carbocycles. The minimum Gasteiger partial charge on any atom is -0.494 e. The first kappa shape index (κ1) is 22.1. The van der Waals surface area contributed by atoms with Gasteiger partial charge >= 0.3 is 5.97 Å². The number of aliphatic carboxylic acids is 1. The number of nitrogens with zero attached hydrogens (tertiary/aromatic N) is 1. The Kier molecular flexibility index (Phi) is 7.06. The summed E-state index contributed by atoms with van der Waals surface area (Å²) < 4.78 is 31.1. The van der Waals surface area contributed by atoms with E-state index in [1.165, 1.54) is 18.2 Å². The van der Waals surface area contributed by atoms with Gasteiger partial charge in [0.2, 0.25) is 9.84 Å². The number of fused-ring (bicyclic) bond motifs is 1. The van der Waals surface area contributed by atoms with Crippen LogP contribution in [0, 0.1) is 11.3 Å². The number of benzene rings is 3. The Morgan fingerprint density at radius 3 is 2.42 bits per heavy atom. The summed E-state index contributed by atoms with van der Waals surface area (Å²) in [6, 6.07) is 20.6. The number of carboxylic acids is 1. The summed E-state index contributed by atoms with van der Waals surface area (Å²) in [6.07, 6.45) is 2.71. The molecule has 31 heavy (non-hydrogen) atoms. The van der Waals surface area contributed by atoms with Gasteiger partial charge in [-0.25, -0.2) is 8.42 Å². The topological polar surface area (TPSA) is 104 Å². The number of hydrogen-bond donors (Lipinski definition) is 1. The second-order valence-electron chi connectivity index (χ2n) is 6.90. The summed E-state index contributed by atoms with van der Waals surface area (Å²) in [6.45, 7) is 0.433. The molecule has 3 aromatic carbocycles. The zero-order chi connectivity index (χ0) is 22.3. The first-order valence-corrected chi connectivity index (χ1v) is 11.2. The van der Waals surface area contributed by atoms with Crippen molar-refractivity contribution >= 4 is 32.7 Å². The van der Waals surface area contributed by atoms with Crippen molar-refractivity contribution in [3.63, 3.8) is 0 Å². The smallest absolute Gasteiger partial charge is 0.303 e. The summed E-state index contributed by atoms with van der Waals surface area (Å²) >= 11 is 0. The Balaban J connectivity index is 1.78. The average molecular weight is 436 g/mol. The fraction of sp³-hybridized carbons (Fsp3) is 0.167. The molecule has 6 nitrogen and oxygen atoms in total. The highest BCUT2D eigenvalue weighted by Crippen LogP contribution is 2.25. The Hall–Kier alpha value is -3.63. The van der Waals surface area contributed by atoms with Crippen molar-refractivity contribution in [2.24, 2.45) is 0 Å². The molecule has 0 amide bonds. The average Bonchev–Trinajstić information content (AvgIpc) is 2.77. The molecule has 0 aromatic heterocycles. The molecule has 0 aliphatic heterocycles. The van der Waals surface area contributed by atoms with Crippen molar-refractivity contribution in [1.82, 2.24) is 0 Å². The summed E-state index contributed by atoms with van der Waals surface area (Å²) in [5, 5.41) is 19.9. The third kappa shape index (κ3) is 5.71. The predicted molar refractivity (Wildman–Crippen MR) is 118 cm³/mol. The summed E-state index contributed by atoms with van der Waals surface area (Å²) in [5.41, 5.74) is 0.603. The van der Waals surface area contributed by atoms with E-state index in [9.17, 15) is 18.5 Å². The van der Waals surface area contributed by atoms with E-state index in [1.54, 1.807) is 36.4 Å². The third-order valence-corrected chi connectivity index (χ3v) is 6.32. The van der Waals surface area contributed by atoms with Gasteiger partial charge in [0.25, 0.3) is 0 Å². The number of hydrogen-bond acceptors (Lipinski definition) is 5. The Morgan fingerprint density at radius 2 is 1.71 bits per heavy atom. The molecular weight excluding hydrogens is 414 g/mol. The van der Waals surface area contributed by atoms with Crippen molar-refractivity contribution < 1.29 is 23.1 Å². The van der Waals surface area contributed by atoms with Crippen LogP contribution in [0.5, 0.6) is 5.75 Å². The number of allylic oxidation sites excluding steroid dienone is 1. The molecule has 0 aliphatic rings. The van der Waals surface area contributed by atoms with E-state index in [-0.39, 0.29) is 16.2 Å². The second kappa shape index (κ2) is 9.92. The Labute approximate surface area is 180 Å². The Morgan fingerprint density at radius 1 is 1.00 bits per heavy atom. The molecule has 0 saturated heterocycles. The van der Waals surface area contributed by atoms with Crippen LogP contribution >= 0.6 is 0 Å². The lowest BCUT2D eigenvalue weighted by atomic mass is 10.1. The lowest BCUT2D eigenvalue weighted by Gasteiger charge is -2.08. The molecule has 0 atom stereocenters. The standard InChI is InChI=1S/C24H21NO5S/c25-17-23(31(28,29)22-6-2-1-3-7-22)15-18-9-10-20-16-21(12-11-19(20)14-18)30-13-5-4-8-24(26)27/h1-3,6-7,9-12,14-16H,4-5,8,13H2,(H,26,27). The van der Waals surface area contributed by atoms with Crippen molar-refractivity contribution in [2.75, 3.05) is 6.61 Å². The maximum Gasteiger partial charge on any atom is 0.303 e. The lowest BCUT2D eigenvalue weighted by Crippen LogP contribution is -2.03. The van der Waals surface area contributed by atoms with Gasteiger partial charge in [-0.05, 0) is 65.6 Å². The van der Waals surface area contributed by atoms with Crippen LogP contribution < -0.4 is 4.74 Å². The fourth-order valence-corrected chi connectivity index (χ4v) is 4.22. The minimum atomic E-state index is -3.89. The fourth-order valence-electron chi connectivity index (χ4n) is 3.04. The quantitative estimate of drug-likeness (QED) is 0.382. The van der Waals surface area contributed by atoms with Crippen molar-refractivity contribution in [2.45, 2.75) is 24.2 Å². The van der Waals surface area contributed by atoms with E-state index in [4.69, 9.17) is 9.84 Å². The van der Waals surface area contributed by atoms with Gasteiger partial charge in [-0.15, -0.1) is 0 Å². The third-order valence-electron chi connectivity index (χ3n) is 4.64. The van der Waals surface area contributed by atoms with E-state index in [1.807, 2.05) is 24.3 Å². The highest BCUT2D eigenvalue weighted by Gasteiger charge is 2.20. The predicted octanol–water partition coefficient (Wildman–Crippen LogP) is 4.81. The lowest BCUT2D eigenvalue weighted by molar-refractivity contribution is -0.137. The number of ether oxygens (including phenoxy) is 1. The second-order valence-corrected chi connectivity index (χ2v) is 8.82. The highest BCUT2D eigenvalue weighted by atomic mass is 32.2. The van der Waals surface area contributed by atoms with Crippen LogP contribution in [-0.2, 0) is 14.6 Å². The van der Waals surface area contributed by atoms with Crippen LogP contribution in [0.2, 0.25) is 0 Å². The molecule has 0 heterocycles. The van der Waals surface area contributed by atoms with E-state index < -0.39 is 15.8 Å². The SMILES string of the molecule is N#CC(=Cc1ccc2cc(OCCCCC(=O)O)ccc2c1)S(=O)(=O)c1ccccc1. The van der Waals surface area contributed by atoms with Gasteiger partial charge < -0.3 is 9.84 Å². The molecule has 0 fully saturated rings. The number of carboxylic acid groups (broad SMARTS) is 1. The van der Waals surface area contributed by atoms with Gasteiger partial charge in [0.15, 0.2) is 0 Å². The van der Waals surface area contributed by atoms with Crippen LogP contribution in [0.15, 0.2) is 76.5 Å². The van der Waals surface area contributed by atoms with Gasteiger partial charge in [-0.1, -0.05) is 36.4 Å². The van der Waals surface area contributed by atoms with Crippen molar-refractivity contribution in [3.8, 4) is 11.8 Å². The Bertz CT molecular complexity index is 1260. The van der Waals surface area contributed by atoms with Crippen LogP contribution in [0.1, 0.15) is 24.8 Å². The molecule has 3 rings (SSSR count). The summed E-state index contributed by atoms with van der Waals surface area (Å²) in [5.74, 6) is -0.137. The van der Waals surface area contributed by atoms with Crippen LogP contribution in [-0.4, -0.2) is 26.1 Å². The maximum atomic E-state index is 12.7. The molecule has 0 unspecified atom stereocenters. The molecule has 0 spiro atoms. The van der Waals surface area contributed by atoms with Gasteiger partial charge in [0.05, 0.1) is 11.5 Å². The molecule has 0 radical (unpaired) electrons. The van der Waals surface area contributed by atoms with Gasteiger partial charge in [-0.3, -0.25) is 4.79 Å². The largest absolute Gasteiger partial charge is 0.494 e.